The van der Waals surface area contributed by atoms with Gasteiger partial charge in [0.15, 0.2) is 0 Å². The van der Waals surface area contributed by atoms with Crippen LogP contribution in [0.25, 0.3) is 0 Å². The van der Waals surface area contributed by atoms with Crippen molar-refractivity contribution in [3.05, 3.63) is 91.3 Å². The Morgan fingerprint density at radius 3 is 2.35 bits per heavy atom. The maximum Gasteiger partial charge on any atom is 0.148 e. The van der Waals surface area contributed by atoms with Crippen molar-refractivity contribution in [3.63, 3.8) is 0 Å². The molecule has 3 aromatic rings. The minimum Gasteiger partial charge on any atom is -0.487 e. The molecule has 26 heavy (non-hydrogen) atoms. The Kier molecular flexibility index (Phi) is 6.52. The van der Waals surface area contributed by atoms with Gasteiger partial charge in [-0.3, -0.25) is 4.99 Å². The molecule has 0 N–H and O–H groups in total. The van der Waals surface area contributed by atoms with Crippen LogP contribution in [0.15, 0.2) is 74.6 Å². The molecule has 3 aromatic carbocycles. The molecule has 5 heteroatoms. The van der Waals surface area contributed by atoms with Crippen LogP contribution in [0, 0.1) is 6.92 Å². The largest absolute Gasteiger partial charge is 0.487 e. The van der Waals surface area contributed by atoms with E-state index in [2.05, 4.69) is 43.8 Å². The average Bonchev–Trinajstić information content (AvgIpc) is 2.60. The van der Waals surface area contributed by atoms with Crippen LogP contribution in [0.3, 0.4) is 0 Å². The minimum atomic E-state index is 0.439. The fourth-order valence-corrected chi connectivity index (χ4v) is 4.02. The molecule has 0 atom stereocenters. The SMILES string of the molecule is Cc1ccc(N=Cc2cc(Br)c(OCc3cccc(Cl)c3)c(Br)c2)cc1. The number of hydrogen-bond donors (Lipinski definition) is 0. The van der Waals surface area contributed by atoms with Crippen LogP contribution in [0.2, 0.25) is 5.02 Å². The Hall–Kier alpha value is -1.62. The molecule has 0 spiro atoms. The molecule has 0 saturated carbocycles. The lowest BCUT2D eigenvalue weighted by Gasteiger charge is -2.11. The smallest absolute Gasteiger partial charge is 0.148 e. The summed E-state index contributed by atoms with van der Waals surface area (Å²) < 4.78 is 7.66. The summed E-state index contributed by atoms with van der Waals surface area (Å²) in [4.78, 5) is 4.51. The van der Waals surface area contributed by atoms with E-state index in [9.17, 15) is 0 Å². The highest BCUT2D eigenvalue weighted by Gasteiger charge is 2.09. The van der Waals surface area contributed by atoms with Crippen molar-refractivity contribution in [2.24, 2.45) is 4.99 Å². The lowest BCUT2D eigenvalue weighted by atomic mass is 10.2. The molecule has 3 rings (SSSR count). The number of rotatable bonds is 5. The zero-order chi connectivity index (χ0) is 18.5. The van der Waals surface area contributed by atoms with Gasteiger partial charge in [-0.1, -0.05) is 41.4 Å². The second kappa shape index (κ2) is 8.85. The van der Waals surface area contributed by atoms with Crippen molar-refractivity contribution >= 4 is 55.4 Å². The van der Waals surface area contributed by atoms with E-state index >= 15 is 0 Å². The minimum absolute atomic E-state index is 0.439. The normalized spacial score (nSPS) is 11.1. The molecular weight excluding hydrogens is 477 g/mol. The predicted molar refractivity (Wildman–Crippen MR) is 116 cm³/mol. The average molecular weight is 494 g/mol. The number of halogens is 3. The molecule has 0 aliphatic carbocycles. The first kappa shape index (κ1) is 19.2. The molecule has 0 fully saturated rings. The third-order valence-electron chi connectivity index (χ3n) is 3.69. The van der Waals surface area contributed by atoms with Crippen molar-refractivity contribution < 1.29 is 4.74 Å². The van der Waals surface area contributed by atoms with Crippen molar-refractivity contribution in [2.45, 2.75) is 13.5 Å². The summed E-state index contributed by atoms with van der Waals surface area (Å²) >= 11 is 13.2. The summed E-state index contributed by atoms with van der Waals surface area (Å²) in [6.07, 6.45) is 1.83. The van der Waals surface area contributed by atoms with Crippen molar-refractivity contribution in [1.29, 1.82) is 0 Å². The van der Waals surface area contributed by atoms with Gasteiger partial charge in [-0.15, -0.1) is 0 Å². The van der Waals surface area contributed by atoms with Gasteiger partial charge in [-0.05, 0) is 86.3 Å². The van der Waals surface area contributed by atoms with Gasteiger partial charge in [-0.25, -0.2) is 0 Å². The van der Waals surface area contributed by atoms with Gasteiger partial charge in [0.1, 0.15) is 12.4 Å². The van der Waals surface area contributed by atoms with E-state index in [0.29, 0.717) is 11.6 Å². The van der Waals surface area contributed by atoms with Crippen molar-refractivity contribution in [1.82, 2.24) is 0 Å². The summed E-state index contributed by atoms with van der Waals surface area (Å²) in [6, 6.07) is 19.7. The molecule has 132 valence electrons. The third-order valence-corrected chi connectivity index (χ3v) is 5.10. The highest BCUT2D eigenvalue weighted by molar-refractivity contribution is 9.11. The number of benzene rings is 3. The van der Waals surface area contributed by atoms with E-state index in [1.165, 1.54) is 5.56 Å². The Labute approximate surface area is 175 Å². The lowest BCUT2D eigenvalue weighted by molar-refractivity contribution is 0.302. The first-order valence-corrected chi connectivity index (χ1v) is 9.95. The fraction of sp³-hybridized carbons (Fsp3) is 0.0952. The topological polar surface area (TPSA) is 21.6 Å². The number of hydrogen-bond acceptors (Lipinski definition) is 2. The Morgan fingerprint density at radius 2 is 1.69 bits per heavy atom. The van der Waals surface area contributed by atoms with Gasteiger partial charge in [0.2, 0.25) is 0 Å². The van der Waals surface area contributed by atoms with Crippen LogP contribution in [0.4, 0.5) is 5.69 Å². The second-order valence-corrected chi connectivity index (χ2v) is 7.97. The molecule has 0 amide bonds. The van der Waals surface area contributed by atoms with Crippen molar-refractivity contribution in [3.8, 4) is 5.75 Å². The summed E-state index contributed by atoms with van der Waals surface area (Å²) in [5.74, 6) is 0.748. The summed E-state index contributed by atoms with van der Waals surface area (Å²) in [6.45, 7) is 2.50. The Bertz CT molecular complexity index is 916. The van der Waals surface area contributed by atoms with Gasteiger partial charge >= 0.3 is 0 Å². The van der Waals surface area contributed by atoms with Gasteiger partial charge in [0.25, 0.3) is 0 Å². The molecule has 0 unspecified atom stereocenters. The molecule has 2 nitrogen and oxygen atoms in total. The molecule has 0 heterocycles. The van der Waals surface area contributed by atoms with E-state index in [1.807, 2.05) is 66.9 Å². The summed E-state index contributed by atoms with van der Waals surface area (Å²) in [5.41, 5.74) is 4.13. The summed E-state index contributed by atoms with van der Waals surface area (Å²) in [5, 5.41) is 0.701. The quantitative estimate of drug-likeness (QED) is 0.337. The van der Waals surface area contributed by atoms with E-state index < -0.39 is 0 Å². The molecule has 0 radical (unpaired) electrons. The highest BCUT2D eigenvalue weighted by Crippen LogP contribution is 2.35. The molecule has 0 bridgehead atoms. The zero-order valence-corrected chi connectivity index (χ0v) is 18.0. The number of ether oxygens (including phenoxy) is 1. The number of nitrogens with zero attached hydrogens (tertiary/aromatic N) is 1. The van der Waals surface area contributed by atoms with E-state index in [1.54, 1.807) is 0 Å². The van der Waals surface area contributed by atoms with Crippen LogP contribution in [-0.4, -0.2) is 6.21 Å². The standard InChI is InChI=1S/C21H16Br2ClNO/c1-14-5-7-18(8-6-14)25-12-16-10-19(22)21(20(23)11-16)26-13-15-3-2-4-17(24)9-15/h2-12H,13H2,1H3. The van der Waals surface area contributed by atoms with Gasteiger partial charge in [0, 0.05) is 11.2 Å². The van der Waals surface area contributed by atoms with E-state index in [4.69, 9.17) is 16.3 Å². The van der Waals surface area contributed by atoms with E-state index in [-0.39, 0.29) is 0 Å². The molecule has 0 aliphatic heterocycles. The number of aliphatic imine (C=N–C) groups is 1. The fourth-order valence-electron chi connectivity index (χ4n) is 2.35. The van der Waals surface area contributed by atoms with Crippen LogP contribution in [0.1, 0.15) is 16.7 Å². The maximum atomic E-state index is 6.02. The Balaban J connectivity index is 1.74. The summed E-state index contributed by atoms with van der Waals surface area (Å²) in [7, 11) is 0. The second-order valence-electron chi connectivity index (χ2n) is 5.83. The molecule has 0 aromatic heterocycles. The zero-order valence-electron chi connectivity index (χ0n) is 14.0. The third kappa shape index (κ3) is 5.19. The predicted octanol–water partition coefficient (Wildman–Crippen LogP) is 7.50. The van der Waals surface area contributed by atoms with Crippen LogP contribution < -0.4 is 4.74 Å². The van der Waals surface area contributed by atoms with Crippen LogP contribution in [-0.2, 0) is 6.61 Å². The highest BCUT2D eigenvalue weighted by atomic mass is 79.9. The van der Waals surface area contributed by atoms with Gasteiger partial charge < -0.3 is 4.74 Å². The monoisotopic (exact) mass is 491 g/mol. The van der Waals surface area contributed by atoms with Crippen LogP contribution in [0.5, 0.6) is 5.75 Å². The van der Waals surface area contributed by atoms with Crippen molar-refractivity contribution in [2.75, 3.05) is 0 Å². The molecular formula is C21H16Br2ClNO. The van der Waals surface area contributed by atoms with Gasteiger partial charge in [-0.2, -0.15) is 0 Å². The Morgan fingerprint density at radius 1 is 1.00 bits per heavy atom. The molecule has 0 saturated heterocycles. The maximum absolute atomic E-state index is 6.02. The van der Waals surface area contributed by atoms with Crippen LogP contribution >= 0.6 is 43.5 Å². The number of aryl methyl sites for hydroxylation is 1. The first-order valence-electron chi connectivity index (χ1n) is 7.98. The molecule has 0 aliphatic rings. The first-order chi connectivity index (χ1) is 12.5. The van der Waals surface area contributed by atoms with Gasteiger partial charge in [0.05, 0.1) is 14.6 Å². The lowest BCUT2D eigenvalue weighted by Crippen LogP contribution is -1.97. The van der Waals surface area contributed by atoms with E-state index in [0.717, 1.165) is 31.5 Å².